The largest absolute Gasteiger partial charge is 0.392 e. The van der Waals surface area contributed by atoms with Crippen LogP contribution in [0.4, 0.5) is 0 Å². The summed E-state index contributed by atoms with van der Waals surface area (Å²) in [7, 11) is 0. The van der Waals surface area contributed by atoms with Gasteiger partial charge < -0.3 is 11.1 Å². The van der Waals surface area contributed by atoms with Gasteiger partial charge in [0, 0.05) is 6.42 Å². The minimum atomic E-state index is -0.163. The molecule has 1 amide bonds. The summed E-state index contributed by atoms with van der Waals surface area (Å²) in [5.41, 5.74) is 6.87. The van der Waals surface area contributed by atoms with Crippen LogP contribution in [-0.4, -0.2) is 16.9 Å². The molecule has 0 fully saturated rings. The van der Waals surface area contributed by atoms with Gasteiger partial charge in [0.25, 0.3) is 0 Å². The lowest BCUT2D eigenvalue weighted by Crippen LogP contribution is -2.43. The zero-order valence-corrected chi connectivity index (χ0v) is 12.2. The average Bonchev–Trinajstić information content (AvgIpc) is 2.39. The molecule has 1 atom stereocenters. The van der Waals surface area contributed by atoms with Gasteiger partial charge in [-0.05, 0) is 24.8 Å². The molecule has 19 heavy (non-hydrogen) atoms. The Morgan fingerprint density at radius 1 is 1.37 bits per heavy atom. The number of hydrogen-bond acceptors (Lipinski definition) is 2. The first-order valence-corrected chi connectivity index (χ1v) is 7.17. The minimum absolute atomic E-state index is 0.0298. The van der Waals surface area contributed by atoms with E-state index in [-0.39, 0.29) is 11.9 Å². The molecular formula is C15H22N2OS. The van der Waals surface area contributed by atoms with E-state index in [2.05, 4.69) is 17.4 Å². The van der Waals surface area contributed by atoms with Gasteiger partial charge >= 0.3 is 0 Å². The molecule has 0 aliphatic carbocycles. The average molecular weight is 278 g/mol. The van der Waals surface area contributed by atoms with Gasteiger partial charge in [-0.1, -0.05) is 55.9 Å². The molecule has 0 heterocycles. The highest BCUT2D eigenvalue weighted by Crippen LogP contribution is 2.05. The maximum atomic E-state index is 11.8. The van der Waals surface area contributed by atoms with E-state index in [0.29, 0.717) is 11.4 Å². The number of thiocarbonyl (C=S) groups is 1. The monoisotopic (exact) mass is 278 g/mol. The summed E-state index contributed by atoms with van der Waals surface area (Å²) in [6, 6.07) is 10.0. The van der Waals surface area contributed by atoms with Crippen molar-refractivity contribution in [2.24, 2.45) is 5.73 Å². The highest BCUT2D eigenvalue weighted by molar-refractivity contribution is 7.80. The molecule has 1 rings (SSSR count). The van der Waals surface area contributed by atoms with E-state index in [4.69, 9.17) is 18.0 Å². The summed E-state index contributed by atoms with van der Waals surface area (Å²) in [5, 5.41) is 2.90. The van der Waals surface area contributed by atoms with Crippen molar-refractivity contribution in [3.63, 3.8) is 0 Å². The molecule has 4 heteroatoms. The van der Waals surface area contributed by atoms with E-state index in [1.54, 1.807) is 0 Å². The lowest BCUT2D eigenvalue weighted by atomic mass is 10.1. The zero-order chi connectivity index (χ0) is 14.1. The van der Waals surface area contributed by atoms with E-state index in [9.17, 15) is 4.79 Å². The van der Waals surface area contributed by atoms with Crippen LogP contribution in [-0.2, 0) is 11.2 Å². The van der Waals surface area contributed by atoms with Crippen LogP contribution in [0.25, 0.3) is 0 Å². The first kappa shape index (κ1) is 15.6. The molecule has 1 aromatic rings. The Morgan fingerprint density at radius 3 is 2.63 bits per heavy atom. The number of amides is 1. The summed E-state index contributed by atoms with van der Waals surface area (Å²) in [6.07, 6.45) is 4.02. The van der Waals surface area contributed by atoms with Crippen LogP contribution in [0, 0.1) is 0 Å². The number of benzene rings is 1. The van der Waals surface area contributed by atoms with Gasteiger partial charge in [-0.2, -0.15) is 0 Å². The van der Waals surface area contributed by atoms with Crippen molar-refractivity contribution in [2.45, 2.75) is 45.1 Å². The molecule has 3 N–H and O–H groups in total. The van der Waals surface area contributed by atoms with Crippen LogP contribution in [0.5, 0.6) is 0 Å². The Morgan fingerprint density at radius 2 is 2.05 bits per heavy atom. The lowest BCUT2D eigenvalue weighted by Gasteiger charge is -2.16. The van der Waals surface area contributed by atoms with Crippen molar-refractivity contribution in [3.8, 4) is 0 Å². The third-order valence-corrected chi connectivity index (χ3v) is 3.25. The first-order chi connectivity index (χ1) is 9.13. The van der Waals surface area contributed by atoms with Gasteiger partial charge in [0.2, 0.25) is 5.91 Å². The standard InChI is InChI=1S/C15H22N2OS/c1-2-7-13(15(16)19)17-14(18)11-6-10-12-8-4-3-5-9-12/h3-5,8-9,13H,2,6-7,10-11H2,1H3,(H2,16,19)(H,17,18). The molecule has 0 aromatic heterocycles. The summed E-state index contributed by atoms with van der Waals surface area (Å²) < 4.78 is 0. The smallest absolute Gasteiger partial charge is 0.220 e. The fourth-order valence-corrected chi connectivity index (χ4v) is 2.12. The Balaban J connectivity index is 2.29. The van der Waals surface area contributed by atoms with Crippen LogP contribution >= 0.6 is 12.2 Å². The Kier molecular flexibility index (Phi) is 7.11. The fourth-order valence-electron chi connectivity index (χ4n) is 1.94. The molecule has 104 valence electrons. The number of rotatable bonds is 8. The third-order valence-electron chi connectivity index (χ3n) is 2.97. The molecule has 0 spiro atoms. The number of carbonyl (C=O) groups excluding carboxylic acids is 1. The maximum Gasteiger partial charge on any atom is 0.220 e. The SMILES string of the molecule is CCCC(NC(=O)CCCc1ccccc1)C(N)=S. The van der Waals surface area contributed by atoms with Crippen LogP contribution in [0.1, 0.15) is 38.2 Å². The molecule has 0 aliphatic rings. The molecule has 0 aliphatic heterocycles. The van der Waals surface area contributed by atoms with Gasteiger partial charge in [-0.25, -0.2) is 0 Å². The van der Waals surface area contributed by atoms with E-state index in [1.165, 1.54) is 5.56 Å². The molecule has 0 radical (unpaired) electrons. The van der Waals surface area contributed by atoms with Crippen molar-refractivity contribution >= 4 is 23.1 Å². The van der Waals surface area contributed by atoms with E-state index >= 15 is 0 Å². The Hall–Kier alpha value is -1.42. The van der Waals surface area contributed by atoms with E-state index in [1.807, 2.05) is 25.1 Å². The second-order valence-electron chi connectivity index (χ2n) is 4.65. The lowest BCUT2D eigenvalue weighted by molar-refractivity contribution is -0.121. The van der Waals surface area contributed by atoms with Gasteiger partial charge in [-0.3, -0.25) is 4.79 Å². The number of nitrogens with one attached hydrogen (secondary N) is 1. The summed E-state index contributed by atoms with van der Waals surface area (Å²) in [6.45, 7) is 2.05. The summed E-state index contributed by atoms with van der Waals surface area (Å²) in [4.78, 5) is 12.2. The van der Waals surface area contributed by atoms with Crippen LogP contribution in [0.2, 0.25) is 0 Å². The molecule has 0 saturated heterocycles. The summed E-state index contributed by atoms with van der Waals surface area (Å²) >= 11 is 4.95. The quantitative estimate of drug-likeness (QED) is 0.719. The second-order valence-corrected chi connectivity index (χ2v) is 5.12. The van der Waals surface area contributed by atoms with Crippen molar-refractivity contribution in [1.29, 1.82) is 0 Å². The second kappa shape index (κ2) is 8.64. The van der Waals surface area contributed by atoms with Crippen molar-refractivity contribution in [3.05, 3.63) is 35.9 Å². The van der Waals surface area contributed by atoms with Crippen molar-refractivity contribution in [1.82, 2.24) is 5.32 Å². The highest BCUT2D eigenvalue weighted by atomic mass is 32.1. The maximum absolute atomic E-state index is 11.8. The number of hydrogen-bond donors (Lipinski definition) is 2. The molecule has 1 unspecified atom stereocenters. The first-order valence-electron chi connectivity index (χ1n) is 6.76. The number of aryl methyl sites for hydroxylation is 1. The Labute approximate surface area is 120 Å². The van der Waals surface area contributed by atoms with Gasteiger partial charge in [-0.15, -0.1) is 0 Å². The van der Waals surface area contributed by atoms with Gasteiger partial charge in [0.05, 0.1) is 11.0 Å². The number of nitrogens with two attached hydrogens (primary N) is 1. The summed E-state index contributed by atoms with van der Waals surface area (Å²) in [5.74, 6) is 0.0298. The van der Waals surface area contributed by atoms with Crippen molar-refractivity contribution in [2.75, 3.05) is 0 Å². The third kappa shape index (κ3) is 6.34. The minimum Gasteiger partial charge on any atom is -0.392 e. The fraction of sp³-hybridized carbons (Fsp3) is 0.467. The molecule has 0 bridgehead atoms. The zero-order valence-electron chi connectivity index (χ0n) is 11.4. The van der Waals surface area contributed by atoms with Crippen LogP contribution < -0.4 is 11.1 Å². The van der Waals surface area contributed by atoms with Crippen LogP contribution in [0.15, 0.2) is 30.3 Å². The molecular weight excluding hydrogens is 256 g/mol. The number of carbonyl (C=O) groups is 1. The topological polar surface area (TPSA) is 55.1 Å². The molecule has 1 aromatic carbocycles. The Bertz CT molecular complexity index is 406. The molecule has 3 nitrogen and oxygen atoms in total. The highest BCUT2D eigenvalue weighted by Gasteiger charge is 2.13. The predicted molar refractivity (Wildman–Crippen MR) is 83.0 cm³/mol. The van der Waals surface area contributed by atoms with Crippen LogP contribution in [0.3, 0.4) is 0 Å². The normalized spacial score (nSPS) is 11.8. The van der Waals surface area contributed by atoms with Gasteiger partial charge in [0.1, 0.15) is 0 Å². The predicted octanol–water partition coefficient (Wildman–Crippen LogP) is 2.58. The van der Waals surface area contributed by atoms with E-state index < -0.39 is 0 Å². The molecule has 0 saturated carbocycles. The van der Waals surface area contributed by atoms with Crippen molar-refractivity contribution < 1.29 is 4.79 Å². The van der Waals surface area contributed by atoms with Gasteiger partial charge in [0.15, 0.2) is 0 Å². The van der Waals surface area contributed by atoms with E-state index in [0.717, 1.165) is 25.7 Å².